The predicted octanol–water partition coefficient (Wildman–Crippen LogP) is 3.77. The summed E-state index contributed by atoms with van der Waals surface area (Å²) in [6.07, 6.45) is 3.15. The molecule has 0 spiro atoms. The fraction of sp³-hybridized carbons (Fsp3) is 0.231. The standard InChI is InChI=1S/C13H15Cl2N5/c1-2-4-8-12(17-7-18-13(8)20-16)19-11-9(14)5-3-6-10(11)15/h3,5-7H,2,4,16H2,1H3,(H2,17,18,19,20). The summed E-state index contributed by atoms with van der Waals surface area (Å²) in [6, 6.07) is 5.31. The molecule has 1 aromatic heterocycles. The van der Waals surface area contributed by atoms with Crippen molar-refractivity contribution in [2.45, 2.75) is 19.8 Å². The van der Waals surface area contributed by atoms with Crippen molar-refractivity contribution in [3.05, 3.63) is 40.1 Å². The van der Waals surface area contributed by atoms with E-state index in [0.29, 0.717) is 27.4 Å². The van der Waals surface area contributed by atoms with Crippen LogP contribution in [0, 0.1) is 0 Å². The van der Waals surface area contributed by atoms with E-state index in [1.165, 1.54) is 6.33 Å². The second-order valence-corrected chi connectivity index (χ2v) is 4.98. The minimum atomic E-state index is 0.529. The number of anilines is 3. The Balaban J connectivity index is 2.43. The smallest absolute Gasteiger partial charge is 0.148 e. The lowest BCUT2D eigenvalue weighted by Gasteiger charge is -2.15. The van der Waals surface area contributed by atoms with Crippen molar-refractivity contribution >= 4 is 40.5 Å². The Morgan fingerprint density at radius 1 is 1.15 bits per heavy atom. The molecule has 1 heterocycles. The van der Waals surface area contributed by atoms with Gasteiger partial charge in [0.2, 0.25) is 0 Å². The third-order valence-electron chi connectivity index (χ3n) is 2.79. The Bertz CT molecular complexity index is 583. The van der Waals surface area contributed by atoms with E-state index in [-0.39, 0.29) is 0 Å². The second kappa shape index (κ2) is 6.74. The van der Waals surface area contributed by atoms with Crippen LogP contribution in [0.2, 0.25) is 10.0 Å². The number of hydrogen-bond acceptors (Lipinski definition) is 5. The van der Waals surface area contributed by atoms with Crippen LogP contribution < -0.4 is 16.6 Å². The van der Waals surface area contributed by atoms with Gasteiger partial charge in [-0.2, -0.15) is 0 Å². The number of nitrogens with two attached hydrogens (primary N) is 1. The monoisotopic (exact) mass is 311 g/mol. The minimum absolute atomic E-state index is 0.529. The van der Waals surface area contributed by atoms with Crippen LogP contribution in [0.3, 0.4) is 0 Å². The Hall–Kier alpha value is -1.56. The van der Waals surface area contributed by atoms with Crippen molar-refractivity contribution in [1.82, 2.24) is 9.97 Å². The van der Waals surface area contributed by atoms with Crippen LogP contribution >= 0.6 is 23.2 Å². The van der Waals surface area contributed by atoms with E-state index in [1.54, 1.807) is 18.2 Å². The van der Waals surface area contributed by atoms with Gasteiger partial charge in [-0.3, -0.25) is 0 Å². The quantitative estimate of drug-likeness (QED) is 0.579. The van der Waals surface area contributed by atoms with Crippen LogP contribution in [-0.4, -0.2) is 9.97 Å². The molecule has 2 rings (SSSR count). The maximum absolute atomic E-state index is 6.15. The molecule has 0 unspecified atom stereocenters. The molecule has 1 aromatic carbocycles. The molecule has 7 heteroatoms. The van der Waals surface area contributed by atoms with Crippen LogP contribution in [0.15, 0.2) is 24.5 Å². The first-order valence-electron chi connectivity index (χ1n) is 6.18. The van der Waals surface area contributed by atoms with Crippen molar-refractivity contribution in [3.63, 3.8) is 0 Å². The maximum Gasteiger partial charge on any atom is 0.148 e. The number of halogens is 2. The summed E-state index contributed by atoms with van der Waals surface area (Å²) in [4.78, 5) is 8.36. The number of rotatable bonds is 5. The molecule has 0 aliphatic carbocycles. The first-order chi connectivity index (χ1) is 9.67. The first kappa shape index (κ1) is 14.8. The number of nitrogens with one attached hydrogen (secondary N) is 2. The molecular formula is C13H15Cl2N5. The normalized spacial score (nSPS) is 10.4. The number of nitrogens with zero attached hydrogens (tertiary/aromatic N) is 2. The predicted molar refractivity (Wildman–Crippen MR) is 83.6 cm³/mol. The number of hydrazine groups is 1. The molecule has 0 fully saturated rings. The number of nitrogen functional groups attached to an aromatic ring is 1. The molecule has 0 amide bonds. The zero-order valence-electron chi connectivity index (χ0n) is 11.0. The summed E-state index contributed by atoms with van der Waals surface area (Å²) in [5, 5.41) is 4.22. The molecule has 0 radical (unpaired) electrons. The third kappa shape index (κ3) is 3.12. The van der Waals surface area contributed by atoms with Crippen LogP contribution in [0.1, 0.15) is 18.9 Å². The van der Waals surface area contributed by atoms with Gasteiger partial charge >= 0.3 is 0 Å². The van der Waals surface area contributed by atoms with Gasteiger partial charge in [-0.1, -0.05) is 42.6 Å². The molecule has 0 bridgehead atoms. The van der Waals surface area contributed by atoms with E-state index >= 15 is 0 Å². The highest BCUT2D eigenvalue weighted by molar-refractivity contribution is 6.39. The summed E-state index contributed by atoms with van der Waals surface area (Å²) in [5.74, 6) is 6.72. The molecule has 0 saturated heterocycles. The van der Waals surface area contributed by atoms with Gasteiger partial charge in [0.15, 0.2) is 0 Å². The lowest BCUT2D eigenvalue weighted by Crippen LogP contribution is -2.13. The molecule has 0 aliphatic heterocycles. The minimum Gasteiger partial charge on any atom is -0.337 e. The Morgan fingerprint density at radius 3 is 2.40 bits per heavy atom. The highest BCUT2D eigenvalue weighted by Crippen LogP contribution is 2.33. The highest BCUT2D eigenvalue weighted by atomic mass is 35.5. The Kier molecular flexibility index (Phi) is 5.00. The summed E-state index contributed by atoms with van der Waals surface area (Å²) < 4.78 is 0. The lowest BCUT2D eigenvalue weighted by atomic mass is 10.1. The zero-order chi connectivity index (χ0) is 14.5. The summed E-state index contributed by atoms with van der Waals surface area (Å²) >= 11 is 12.3. The van der Waals surface area contributed by atoms with Gasteiger partial charge in [-0.05, 0) is 18.6 Å². The van der Waals surface area contributed by atoms with Gasteiger partial charge in [0, 0.05) is 5.56 Å². The SMILES string of the molecule is CCCc1c(NN)ncnc1Nc1c(Cl)cccc1Cl. The molecule has 20 heavy (non-hydrogen) atoms. The molecule has 106 valence electrons. The number of hydrogen-bond donors (Lipinski definition) is 3. The second-order valence-electron chi connectivity index (χ2n) is 4.17. The third-order valence-corrected chi connectivity index (χ3v) is 3.42. The Labute approximate surface area is 127 Å². The summed E-state index contributed by atoms with van der Waals surface area (Å²) in [5.41, 5.74) is 4.10. The van der Waals surface area contributed by atoms with E-state index in [9.17, 15) is 0 Å². The van der Waals surface area contributed by atoms with Gasteiger partial charge in [-0.15, -0.1) is 0 Å². The van der Waals surface area contributed by atoms with E-state index in [0.717, 1.165) is 18.4 Å². The molecule has 2 aromatic rings. The van der Waals surface area contributed by atoms with Gasteiger partial charge in [0.05, 0.1) is 15.7 Å². The van der Waals surface area contributed by atoms with Gasteiger partial charge in [-0.25, -0.2) is 15.8 Å². The summed E-state index contributed by atoms with van der Waals surface area (Å²) in [7, 11) is 0. The van der Waals surface area contributed by atoms with E-state index < -0.39 is 0 Å². The van der Waals surface area contributed by atoms with Crippen LogP contribution in [0.25, 0.3) is 0 Å². The first-order valence-corrected chi connectivity index (χ1v) is 6.94. The molecule has 5 nitrogen and oxygen atoms in total. The topological polar surface area (TPSA) is 75.9 Å². The van der Waals surface area contributed by atoms with Gasteiger partial charge < -0.3 is 10.7 Å². The van der Waals surface area contributed by atoms with Crippen molar-refractivity contribution in [2.24, 2.45) is 5.84 Å². The number of para-hydroxylation sites is 1. The van der Waals surface area contributed by atoms with E-state index in [1.807, 2.05) is 0 Å². The van der Waals surface area contributed by atoms with Crippen LogP contribution in [0.4, 0.5) is 17.3 Å². The number of benzene rings is 1. The van der Waals surface area contributed by atoms with Crippen molar-refractivity contribution in [1.29, 1.82) is 0 Å². The molecule has 0 aliphatic rings. The molecule has 0 saturated carbocycles. The van der Waals surface area contributed by atoms with Crippen molar-refractivity contribution in [3.8, 4) is 0 Å². The fourth-order valence-corrected chi connectivity index (χ4v) is 2.36. The largest absolute Gasteiger partial charge is 0.337 e. The highest BCUT2D eigenvalue weighted by Gasteiger charge is 2.13. The van der Waals surface area contributed by atoms with Gasteiger partial charge in [0.25, 0.3) is 0 Å². The van der Waals surface area contributed by atoms with Crippen molar-refractivity contribution < 1.29 is 0 Å². The molecular weight excluding hydrogens is 297 g/mol. The summed E-state index contributed by atoms with van der Waals surface area (Å²) in [6.45, 7) is 2.07. The van der Waals surface area contributed by atoms with Crippen LogP contribution in [-0.2, 0) is 6.42 Å². The van der Waals surface area contributed by atoms with E-state index in [2.05, 4.69) is 27.6 Å². The average Bonchev–Trinajstić information content (AvgIpc) is 2.44. The lowest BCUT2D eigenvalue weighted by molar-refractivity contribution is 0.903. The Morgan fingerprint density at radius 2 is 1.80 bits per heavy atom. The van der Waals surface area contributed by atoms with E-state index in [4.69, 9.17) is 29.0 Å². The molecule has 4 N–H and O–H groups in total. The molecule has 0 atom stereocenters. The van der Waals surface area contributed by atoms with Crippen molar-refractivity contribution in [2.75, 3.05) is 10.7 Å². The fourth-order valence-electron chi connectivity index (χ4n) is 1.87. The van der Waals surface area contributed by atoms with Gasteiger partial charge in [0.1, 0.15) is 18.0 Å². The van der Waals surface area contributed by atoms with Crippen LogP contribution in [0.5, 0.6) is 0 Å². The number of aromatic nitrogens is 2. The maximum atomic E-state index is 6.15. The zero-order valence-corrected chi connectivity index (χ0v) is 12.5. The average molecular weight is 312 g/mol.